The van der Waals surface area contributed by atoms with Gasteiger partial charge in [0, 0.05) is 30.8 Å². The number of hydrogen-bond donors (Lipinski definition) is 0. The average molecular weight is 364 g/mol. The van der Waals surface area contributed by atoms with E-state index in [-0.39, 0.29) is 5.91 Å². The lowest BCUT2D eigenvalue weighted by atomic mass is 9.78. The van der Waals surface area contributed by atoms with Crippen molar-refractivity contribution in [2.24, 2.45) is 11.8 Å². The molecule has 0 spiro atoms. The third-order valence-corrected chi connectivity index (χ3v) is 5.97. The number of rotatable bonds is 4. The monoisotopic (exact) mass is 363 g/mol. The second-order valence-electron chi connectivity index (χ2n) is 7.98. The summed E-state index contributed by atoms with van der Waals surface area (Å²) in [5.41, 5.74) is 1.75. The molecule has 2 unspecified atom stereocenters. The molecular weight excluding hydrogens is 334 g/mol. The molecule has 25 heavy (non-hydrogen) atoms. The number of aryl methyl sites for hydroxylation is 1. The van der Waals surface area contributed by atoms with Gasteiger partial charge in [-0.3, -0.25) is 9.48 Å². The molecule has 1 aliphatic heterocycles. The molecule has 2 fully saturated rings. The first-order valence-electron chi connectivity index (χ1n) is 9.69. The fourth-order valence-corrected chi connectivity index (χ4v) is 4.68. The highest BCUT2D eigenvalue weighted by molar-refractivity contribution is 6.31. The van der Waals surface area contributed by atoms with Crippen molar-refractivity contribution < 1.29 is 4.79 Å². The van der Waals surface area contributed by atoms with Crippen LogP contribution in [0.4, 0.5) is 0 Å². The summed E-state index contributed by atoms with van der Waals surface area (Å²) in [6.45, 7) is 7.92. The zero-order valence-corrected chi connectivity index (χ0v) is 16.4. The van der Waals surface area contributed by atoms with Crippen LogP contribution in [0.1, 0.15) is 63.6 Å². The Kier molecular flexibility index (Phi) is 5.88. The van der Waals surface area contributed by atoms with E-state index in [0.29, 0.717) is 23.0 Å². The zero-order chi connectivity index (χ0) is 18.0. The number of fused-ring (bicyclic) bond motifs is 1. The summed E-state index contributed by atoms with van der Waals surface area (Å²) < 4.78 is 1.84. The zero-order valence-electron chi connectivity index (χ0n) is 15.7. The van der Waals surface area contributed by atoms with Gasteiger partial charge in [-0.15, -0.1) is 0 Å². The average Bonchev–Trinajstić information content (AvgIpc) is 2.85. The fraction of sp³-hybridized carbons (Fsp3) is 0.700. The first-order valence-corrected chi connectivity index (χ1v) is 10.1. The third-order valence-electron chi connectivity index (χ3n) is 5.57. The van der Waals surface area contributed by atoms with E-state index < -0.39 is 0 Å². The minimum absolute atomic E-state index is 0.128. The van der Waals surface area contributed by atoms with Crippen molar-refractivity contribution in [3.8, 4) is 0 Å². The lowest BCUT2D eigenvalue weighted by molar-refractivity contribution is -0.132. The first kappa shape index (κ1) is 18.5. The molecule has 1 aromatic heterocycles. The second kappa shape index (κ2) is 7.94. The molecule has 3 rings (SSSR count). The van der Waals surface area contributed by atoms with Crippen LogP contribution in [0.5, 0.6) is 0 Å². The maximum Gasteiger partial charge on any atom is 0.246 e. The molecule has 0 bridgehead atoms. The summed E-state index contributed by atoms with van der Waals surface area (Å²) in [5, 5.41) is 5.14. The molecule has 2 atom stereocenters. The molecule has 0 radical (unpaired) electrons. The van der Waals surface area contributed by atoms with E-state index in [1.54, 1.807) is 6.08 Å². The number of aromatic nitrogens is 2. The Morgan fingerprint density at radius 1 is 1.28 bits per heavy atom. The molecule has 1 amide bonds. The highest BCUT2D eigenvalue weighted by Crippen LogP contribution is 2.35. The van der Waals surface area contributed by atoms with Crippen molar-refractivity contribution >= 4 is 23.6 Å². The highest BCUT2D eigenvalue weighted by atomic mass is 35.5. The van der Waals surface area contributed by atoms with Crippen LogP contribution in [0.15, 0.2) is 6.08 Å². The molecule has 4 nitrogen and oxygen atoms in total. The molecule has 138 valence electrons. The first-order chi connectivity index (χ1) is 12.0. The van der Waals surface area contributed by atoms with Gasteiger partial charge in [0.15, 0.2) is 0 Å². The summed E-state index contributed by atoms with van der Waals surface area (Å²) >= 11 is 6.48. The lowest BCUT2D eigenvalue weighted by Gasteiger charge is -2.43. The van der Waals surface area contributed by atoms with Crippen molar-refractivity contribution in [2.45, 2.75) is 71.9 Å². The van der Waals surface area contributed by atoms with E-state index in [1.165, 1.54) is 25.7 Å². The Labute approximate surface area is 156 Å². The van der Waals surface area contributed by atoms with E-state index in [4.69, 9.17) is 11.6 Å². The van der Waals surface area contributed by atoms with Crippen molar-refractivity contribution in [3.05, 3.63) is 22.5 Å². The number of carbonyl (C=O) groups is 1. The summed E-state index contributed by atoms with van der Waals surface area (Å²) in [7, 11) is 0. The highest BCUT2D eigenvalue weighted by Gasteiger charge is 2.34. The minimum Gasteiger partial charge on any atom is -0.336 e. The largest absolute Gasteiger partial charge is 0.336 e. The standard InChI is InChI=1S/C20H30ClN3O/c1-14(2)13-24-20(21)17(15(3)22-24)10-11-19(25)23-12-6-8-16-7-4-5-9-18(16)23/h10-11,14,16,18H,4-9,12-13H2,1-3H3. The quantitative estimate of drug-likeness (QED) is 0.727. The number of carbonyl (C=O) groups excluding carboxylic acids is 1. The molecule has 0 aromatic carbocycles. The number of piperidine rings is 1. The topological polar surface area (TPSA) is 38.1 Å². The smallest absolute Gasteiger partial charge is 0.246 e. The van der Waals surface area contributed by atoms with Gasteiger partial charge in [0.1, 0.15) is 5.15 Å². The van der Waals surface area contributed by atoms with Crippen molar-refractivity contribution in [3.63, 3.8) is 0 Å². The molecule has 2 heterocycles. The van der Waals surface area contributed by atoms with E-state index >= 15 is 0 Å². The van der Waals surface area contributed by atoms with Gasteiger partial charge in [-0.05, 0) is 50.5 Å². The van der Waals surface area contributed by atoms with E-state index in [1.807, 2.05) is 17.7 Å². The van der Waals surface area contributed by atoms with Gasteiger partial charge in [0.05, 0.1) is 5.69 Å². The van der Waals surface area contributed by atoms with Gasteiger partial charge in [-0.1, -0.05) is 38.3 Å². The van der Waals surface area contributed by atoms with Crippen LogP contribution < -0.4 is 0 Å². The van der Waals surface area contributed by atoms with Crippen LogP contribution in [0, 0.1) is 18.8 Å². The van der Waals surface area contributed by atoms with Gasteiger partial charge in [-0.2, -0.15) is 5.10 Å². The lowest BCUT2D eigenvalue weighted by Crippen LogP contribution is -2.49. The summed E-state index contributed by atoms with van der Waals surface area (Å²) in [4.78, 5) is 14.9. The van der Waals surface area contributed by atoms with Gasteiger partial charge in [-0.25, -0.2) is 0 Å². The third kappa shape index (κ3) is 4.11. The van der Waals surface area contributed by atoms with Crippen LogP contribution in [-0.4, -0.2) is 33.2 Å². The Morgan fingerprint density at radius 2 is 2.00 bits per heavy atom. The maximum absolute atomic E-state index is 12.8. The molecule has 1 aromatic rings. The second-order valence-corrected chi connectivity index (χ2v) is 8.34. The van der Waals surface area contributed by atoms with E-state index in [0.717, 1.165) is 37.2 Å². The van der Waals surface area contributed by atoms with Gasteiger partial charge in [0.2, 0.25) is 5.91 Å². The molecule has 1 aliphatic carbocycles. The Hall–Kier alpha value is -1.29. The van der Waals surface area contributed by atoms with Crippen LogP contribution in [0.3, 0.4) is 0 Å². The molecule has 5 heteroatoms. The summed E-state index contributed by atoms with van der Waals surface area (Å²) in [6, 6.07) is 0.444. The Bertz CT molecular complexity index is 648. The van der Waals surface area contributed by atoms with Crippen LogP contribution in [0.2, 0.25) is 5.15 Å². The predicted molar refractivity (Wildman–Crippen MR) is 103 cm³/mol. The molecule has 2 aliphatic rings. The number of likely N-dealkylation sites (tertiary alicyclic amines) is 1. The minimum atomic E-state index is 0.128. The molecular formula is C20H30ClN3O. The molecule has 0 N–H and O–H groups in total. The number of nitrogens with zero attached hydrogens (tertiary/aromatic N) is 3. The predicted octanol–water partition coefficient (Wildman–Crippen LogP) is 4.70. The molecule has 1 saturated carbocycles. The Morgan fingerprint density at radius 3 is 2.76 bits per heavy atom. The Balaban J connectivity index is 1.73. The van der Waals surface area contributed by atoms with Gasteiger partial charge in [0.25, 0.3) is 0 Å². The summed E-state index contributed by atoms with van der Waals surface area (Å²) in [6.07, 6.45) is 11.0. The van der Waals surface area contributed by atoms with E-state index in [9.17, 15) is 4.79 Å². The number of halogens is 1. The van der Waals surface area contributed by atoms with Crippen LogP contribution >= 0.6 is 11.6 Å². The van der Waals surface area contributed by atoms with Crippen LogP contribution in [-0.2, 0) is 11.3 Å². The number of hydrogen-bond acceptors (Lipinski definition) is 2. The maximum atomic E-state index is 12.8. The van der Waals surface area contributed by atoms with Gasteiger partial charge >= 0.3 is 0 Å². The van der Waals surface area contributed by atoms with Crippen LogP contribution in [0.25, 0.3) is 6.08 Å². The number of amides is 1. The van der Waals surface area contributed by atoms with Crippen molar-refractivity contribution in [1.29, 1.82) is 0 Å². The molecule has 1 saturated heterocycles. The normalized spacial score (nSPS) is 24.1. The summed E-state index contributed by atoms with van der Waals surface area (Å²) in [5.74, 6) is 1.31. The fourth-order valence-electron chi connectivity index (χ4n) is 4.37. The van der Waals surface area contributed by atoms with E-state index in [2.05, 4.69) is 23.8 Å². The van der Waals surface area contributed by atoms with Crippen molar-refractivity contribution in [2.75, 3.05) is 6.54 Å². The van der Waals surface area contributed by atoms with Crippen molar-refractivity contribution in [1.82, 2.24) is 14.7 Å². The van der Waals surface area contributed by atoms with Gasteiger partial charge < -0.3 is 4.90 Å². The SMILES string of the molecule is Cc1nn(CC(C)C)c(Cl)c1C=CC(=O)N1CCCC2CCCCC21.